The predicted octanol–water partition coefficient (Wildman–Crippen LogP) is 3.86. The third-order valence-electron chi connectivity index (χ3n) is 4.39. The summed E-state index contributed by atoms with van der Waals surface area (Å²) in [5.74, 6) is -1.36. The first-order chi connectivity index (χ1) is 12.3. The zero-order chi connectivity index (χ0) is 19.0. The second-order valence-electron chi connectivity index (χ2n) is 6.11. The van der Waals surface area contributed by atoms with Crippen molar-refractivity contribution in [3.63, 3.8) is 0 Å². The molecule has 0 bridgehead atoms. The molecule has 1 N–H and O–H groups in total. The van der Waals surface area contributed by atoms with E-state index in [-0.39, 0.29) is 6.04 Å². The molecule has 1 heterocycles. The molecule has 0 spiro atoms. The second-order valence-corrected chi connectivity index (χ2v) is 6.92. The Kier molecular flexibility index (Phi) is 5.03. The summed E-state index contributed by atoms with van der Waals surface area (Å²) in [7, 11) is 0. The van der Waals surface area contributed by atoms with E-state index in [1.54, 1.807) is 49.4 Å². The molecule has 0 saturated heterocycles. The Morgan fingerprint density at radius 2 is 1.54 bits per heavy atom. The molecule has 5 nitrogen and oxygen atoms in total. The number of hydrogen-bond acceptors (Lipinski definition) is 3. The number of carbonyl (C=O) groups excluding carboxylic acids is 3. The van der Waals surface area contributed by atoms with E-state index < -0.39 is 23.8 Å². The maximum absolute atomic E-state index is 12.6. The molecule has 2 unspecified atom stereocenters. The number of benzene rings is 2. The van der Waals surface area contributed by atoms with Crippen molar-refractivity contribution in [1.29, 1.82) is 0 Å². The van der Waals surface area contributed by atoms with Gasteiger partial charge < -0.3 is 5.32 Å². The molecule has 0 fully saturated rings. The topological polar surface area (TPSA) is 66.5 Å². The molecule has 0 radical (unpaired) electrons. The summed E-state index contributed by atoms with van der Waals surface area (Å²) in [6.45, 7) is 3.31. The molecule has 7 heteroatoms. The number of imide groups is 1. The molecule has 26 heavy (non-hydrogen) atoms. The van der Waals surface area contributed by atoms with Gasteiger partial charge in [0.2, 0.25) is 5.91 Å². The summed E-state index contributed by atoms with van der Waals surface area (Å²) >= 11 is 11.9. The number of fused-ring (bicyclic) bond motifs is 1. The van der Waals surface area contributed by atoms with Crippen molar-refractivity contribution in [3.8, 4) is 0 Å². The van der Waals surface area contributed by atoms with Gasteiger partial charge in [0.25, 0.3) is 11.8 Å². The van der Waals surface area contributed by atoms with Gasteiger partial charge in [-0.2, -0.15) is 0 Å². The third kappa shape index (κ3) is 3.20. The van der Waals surface area contributed by atoms with Crippen molar-refractivity contribution in [2.24, 2.45) is 0 Å². The van der Waals surface area contributed by atoms with E-state index in [1.165, 1.54) is 6.92 Å². The number of hydrogen-bond donors (Lipinski definition) is 1. The van der Waals surface area contributed by atoms with E-state index in [2.05, 4.69) is 5.32 Å². The SMILES string of the molecule is CC(NC(=O)C(C)N1C(=O)c2ccccc2C1=O)c1ccc(Cl)c(Cl)c1. The van der Waals surface area contributed by atoms with Gasteiger partial charge in [0.05, 0.1) is 27.2 Å². The van der Waals surface area contributed by atoms with Crippen LogP contribution in [0.1, 0.15) is 46.2 Å². The van der Waals surface area contributed by atoms with Crippen LogP contribution in [0.25, 0.3) is 0 Å². The monoisotopic (exact) mass is 390 g/mol. The summed E-state index contributed by atoms with van der Waals surface area (Å²) in [5, 5.41) is 3.61. The fraction of sp³-hybridized carbons (Fsp3) is 0.211. The van der Waals surface area contributed by atoms with Crippen molar-refractivity contribution >= 4 is 40.9 Å². The quantitative estimate of drug-likeness (QED) is 0.805. The fourth-order valence-corrected chi connectivity index (χ4v) is 3.18. The van der Waals surface area contributed by atoms with Crippen LogP contribution in [0.4, 0.5) is 0 Å². The van der Waals surface area contributed by atoms with Crippen LogP contribution >= 0.6 is 23.2 Å². The molecule has 2 aromatic rings. The van der Waals surface area contributed by atoms with Crippen LogP contribution in [0.3, 0.4) is 0 Å². The highest BCUT2D eigenvalue weighted by molar-refractivity contribution is 6.42. The molecule has 3 rings (SSSR count). The largest absolute Gasteiger partial charge is 0.348 e. The molecule has 0 saturated carbocycles. The number of halogens is 2. The number of nitrogens with one attached hydrogen (secondary N) is 1. The van der Waals surface area contributed by atoms with E-state index in [9.17, 15) is 14.4 Å². The van der Waals surface area contributed by atoms with E-state index in [1.807, 2.05) is 0 Å². The Balaban J connectivity index is 1.75. The van der Waals surface area contributed by atoms with Gasteiger partial charge in [0, 0.05) is 0 Å². The summed E-state index contributed by atoms with van der Waals surface area (Å²) in [5.41, 5.74) is 1.40. The lowest BCUT2D eigenvalue weighted by molar-refractivity contribution is -0.125. The van der Waals surface area contributed by atoms with Crippen molar-refractivity contribution < 1.29 is 14.4 Å². The fourth-order valence-electron chi connectivity index (χ4n) is 2.88. The van der Waals surface area contributed by atoms with Crippen LogP contribution in [0.2, 0.25) is 10.0 Å². The van der Waals surface area contributed by atoms with Crippen molar-refractivity contribution in [3.05, 3.63) is 69.2 Å². The number of nitrogens with zero attached hydrogens (tertiary/aromatic N) is 1. The highest BCUT2D eigenvalue weighted by atomic mass is 35.5. The van der Waals surface area contributed by atoms with Gasteiger partial charge in [-0.1, -0.05) is 41.4 Å². The summed E-state index contributed by atoms with van der Waals surface area (Å²) in [6.07, 6.45) is 0. The Labute approximate surface area is 160 Å². The minimum atomic E-state index is -0.937. The lowest BCUT2D eigenvalue weighted by atomic mass is 10.1. The average Bonchev–Trinajstić information content (AvgIpc) is 2.88. The Hall–Kier alpha value is -2.37. The first-order valence-electron chi connectivity index (χ1n) is 8.03. The van der Waals surface area contributed by atoms with Crippen molar-refractivity contribution in [2.45, 2.75) is 25.9 Å². The van der Waals surface area contributed by atoms with Crippen LogP contribution in [-0.4, -0.2) is 28.7 Å². The molecule has 1 aliphatic rings. The van der Waals surface area contributed by atoms with Crippen LogP contribution in [-0.2, 0) is 4.79 Å². The molecular weight excluding hydrogens is 375 g/mol. The molecule has 1 aliphatic heterocycles. The van der Waals surface area contributed by atoms with Crippen LogP contribution < -0.4 is 5.32 Å². The minimum absolute atomic E-state index is 0.315. The van der Waals surface area contributed by atoms with Gasteiger partial charge in [-0.05, 0) is 43.7 Å². The third-order valence-corrected chi connectivity index (χ3v) is 5.13. The highest BCUT2D eigenvalue weighted by Gasteiger charge is 2.40. The van der Waals surface area contributed by atoms with Crippen molar-refractivity contribution in [1.82, 2.24) is 10.2 Å². The molecule has 134 valence electrons. The van der Waals surface area contributed by atoms with Crippen LogP contribution in [0, 0.1) is 0 Å². The number of amides is 3. The average molecular weight is 391 g/mol. The zero-order valence-electron chi connectivity index (χ0n) is 14.1. The molecule has 0 aromatic heterocycles. The maximum atomic E-state index is 12.6. The van der Waals surface area contributed by atoms with Crippen LogP contribution in [0.5, 0.6) is 0 Å². The van der Waals surface area contributed by atoms with Gasteiger partial charge in [-0.25, -0.2) is 0 Å². The van der Waals surface area contributed by atoms with Crippen molar-refractivity contribution in [2.75, 3.05) is 0 Å². The summed E-state index contributed by atoms with van der Waals surface area (Å²) in [4.78, 5) is 38.5. The first kappa shape index (κ1) is 18.4. The Bertz CT molecular complexity index is 878. The first-order valence-corrected chi connectivity index (χ1v) is 8.79. The minimum Gasteiger partial charge on any atom is -0.348 e. The lowest BCUT2D eigenvalue weighted by Crippen LogP contribution is -2.48. The van der Waals surface area contributed by atoms with Gasteiger partial charge in [0.1, 0.15) is 6.04 Å². The smallest absolute Gasteiger partial charge is 0.262 e. The number of carbonyl (C=O) groups is 3. The Morgan fingerprint density at radius 3 is 2.08 bits per heavy atom. The van der Waals surface area contributed by atoms with Gasteiger partial charge in [-0.15, -0.1) is 0 Å². The second kappa shape index (κ2) is 7.09. The standard InChI is InChI=1S/C19H16Cl2N2O3/c1-10(12-7-8-15(20)16(21)9-12)22-17(24)11(2)23-18(25)13-5-3-4-6-14(13)19(23)26/h3-11H,1-2H3,(H,22,24). The number of rotatable bonds is 4. The summed E-state index contributed by atoms with van der Waals surface area (Å²) < 4.78 is 0. The van der Waals surface area contributed by atoms with Gasteiger partial charge >= 0.3 is 0 Å². The maximum Gasteiger partial charge on any atom is 0.262 e. The highest BCUT2D eigenvalue weighted by Crippen LogP contribution is 2.27. The van der Waals surface area contributed by atoms with E-state index in [0.29, 0.717) is 21.2 Å². The van der Waals surface area contributed by atoms with E-state index >= 15 is 0 Å². The summed E-state index contributed by atoms with van der Waals surface area (Å²) in [6, 6.07) is 10.3. The van der Waals surface area contributed by atoms with Gasteiger partial charge in [0.15, 0.2) is 0 Å². The molecular formula is C19H16Cl2N2O3. The molecule has 0 aliphatic carbocycles. The predicted molar refractivity (Wildman–Crippen MR) is 99.4 cm³/mol. The van der Waals surface area contributed by atoms with E-state index in [0.717, 1.165) is 10.5 Å². The van der Waals surface area contributed by atoms with E-state index in [4.69, 9.17) is 23.2 Å². The normalized spacial score (nSPS) is 15.6. The molecule has 2 aromatic carbocycles. The Morgan fingerprint density at radius 1 is 0.962 bits per heavy atom. The molecule has 2 atom stereocenters. The van der Waals surface area contributed by atoms with Crippen LogP contribution in [0.15, 0.2) is 42.5 Å². The lowest BCUT2D eigenvalue weighted by Gasteiger charge is -2.24. The zero-order valence-corrected chi connectivity index (χ0v) is 15.6. The van der Waals surface area contributed by atoms with Gasteiger partial charge in [-0.3, -0.25) is 19.3 Å². The molecule has 3 amide bonds.